The van der Waals surface area contributed by atoms with Crippen molar-refractivity contribution in [1.82, 2.24) is 0 Å². The van der Waals surface area contributed by atoms with Crippen LogP contribution in [0, 0.1) is 0 Å². The van der Waals surface area contributed by atoms with E-state index >= 15 is 0 Å². The lowest BCUT2D eigenvalue weighted by molar-refractivity contribution is 0.470. The van der Waals surface area contributed by atoms with Crippen LogP contribution >= 0.6 is 0 Å². The summed E-state index contributed by atoms with van der Waals surface area (Å²) in [7, 11) is -3.92. The molecule has 4 aromatic carbocycles. The first-order chi connectivity index (χ1) is 12.4. The molecule has 0 aliphatic carbocycles. The van der Waals surface area contributed by atoms with Gasteiger partial charge in [0.05, 0.1) is 10.1 Å². The van der Waals surface area contributed by atoms with Gasteiger partial charge < -0.3 is 4.55 Å². The molecule has 4 heteroatoms. The fourth-order valence-corrected chi connectivity index (χ4v) is 3.10. The van der Waals surface area contributed by atoms with Crippen LogP contribution in [0.4, 0.5) is 0 Å². The molecule has 3 nitrogen and oxygen atoms in total. The fourth-order valence-electron chi connectivity index (χ4n) is 3.10. The minimum Gasteiger partial charge on any atom is -0.748 e. The molecule has 0 fully saturated rings. The third-order valence-corrected chi connectivity index (χ3v) is 4.14. The number of hydrogen-bond acceptors (Lipinski definition) is 3. The van der Waals surface area contributed by atoms with Gasteiger partial charge in [0.2, 0.25) is 0 Å². The molecule has 4 rings (SSSR count). The summed E-state index contributed by atoms with van der Waals surface area (Å²) in [5.41, 5.74) is 2.79. The first kappa shape index (κ1) is 18.1. The lowest BCUT2D eigenvalue weighted by atomic mass is 9.95. The van der Waals surface area contributed by atoms with E-state index in [1.807, 2.05) is 0 Å². The molecule has 0 N–H and O–H groups in total. The van der Waals surface area contributed by atoms with Crippen molar-refractivity contribution in [3.05, 3.63) is 96.1 Å². The molecule has 4 aromatic rings. The fraction of sp³-hybridized carbons (Fsp3) is 0.0909. The molecule has 0 saturated heterocycles. The Morgan fingerprint density at radius 1 is 0.654 bits per heavy atom. The van der Waals surface area contributed by atoms with E-state index in [1.165, 1.54) is 32.7 Å². The van der Waals surface area contributed by atoms with Crippen LogP contribution in [-0.4, -0.2) is 19.2 Å². The minimum atomic E-state index is -3.92. The van der Waals surface area contributed by atoms with Gasteiger partial charge in [-0.3, -0.25) is 0 Å². The summed E-state index contributed by atoms with van der Waals surface area (Å²) in [5, 5.41) is 5.34. The predicted octanol–water partition coefficient (Wildman–Crippen LogP) is 4.75. The first-order valence-corrected chi connectivity index (χ1v) is 10.1. The quantitative estimate of drug-likeness (QED) is 0.483. The summed E-state index contributed by atoms with van der Waals surface area (Å²) in [6.07, 6.45) is 1.58. The van der Waals surface area contributed by atoms with Crippen LogP contribution in [0.1, 0.15) is 11.1 Å². The Labute approximate surface area is 153 Å². The molecule has 0 atom stereocenters. The van der Waals surface area contributed by atoms with E-state index in [0.717, 1.165) is 6.42 Å². The molecule has 0 bridgehead atoms. The van der Waals surface area contributed by atoms with E-state index in [2.05, 4.69) is 84.9 Å². The lowest BCUT2D eigenvalue weighted by Gasteiger charge is -2.09. The van der Waals surface area contributed by atoms with Crippen molar-refractivity contribution in [1.29, 1.82) is 0 Å². The molecule has 0 spiro atoms. The average Bonchev–Trinajstić information content (AvgIpc) is 2.61. The average molecular weight is 363 g/mol. The molecule has 0 aliphatic rings. The monoisotopic (exact) mass is 363 g/mol. The van der Waals surface area contributed by atoms with E-state index in [9.17, 15) is 0 Å². The third kappa shape index (κ3) is 4.69. The molecular weight excluding hydrogens is 344 g/mol. The van der Waals surface area contributed by atoms with Crippen LogP contribution in [0.25, 0.3) is 21.5 Å². The molecule has 0 saturated carbocycles. The summed E-state index contributed by atoms with van der Waals surface area (Å²) in [4.78, 5) is 0. The van der Waals surface area contributed by atoms with Gasteiger partial charge in [-0.2, -0.15) is 0 Å². The first-order valence-electron chi connectivity index (χ1n) is 8.26. The maximum atomic E-state index is 9.08. The van der Waals surface area contributed by atoms with Crippen LogP contribution in [0.2, 0.25) is 0 Å². The van der Waals surface area contributed by atoms with Crippen molar-refractivity contribution in [2.45, 2.75) is 6.42 Å². The lowest BCUT2D eigenvalue weighted by Crippen LogP contribution is -1.91. The Hall–Kier alpha value is -2.69. The highest BCUT2D eigenvalue weighted by atomic mass is 32.2. The predicted molar refractivity (Wildman–Crippen MR) is 106 cm³/mol. The maximum Gasteiger partial charge on any atom is 0.0916 e. The molecule has 132 valence electrons. The molecule has 26 heavy (non-hydrogen) atoms. The summed E-state index contributed by atoms with van der Waals surface area (Å²) in [6.45, 7) is 0. The number of benzene rings is 4. The Kier molecular flexibility index (Phi) is 5.35. The second-order valence-electron chi connectivity index (χ2n) is 6.16. The normalized spacial score (nSPS) is 11.2. The second-order valence-corrected chi connectivity index (χ2v) is 7.57. The van der Waals surface area contributed by atoms with Crippen LogP contribution in [-0.2, 0) is 16.5 Å². The standard InChI is InChI=1S/C21H16.CH4O3S/c1-3-13-20-16(7-1)9-5-11-18(20)15-19-12-6-10-17-8-2-4-14-21(17)19;1-5(2,3)4/h1-14H,15H2;1H3,(H,2,3,4)/p-1. The molecular formula is C22H19O3S-. The van der Waals surface area contributed by atoms with Gasteiger partial charge in [-0.25, -0.2) is 8.42 Å². The highest BCUT2D eigenvalue weighted by Gasteiger charge is 2.04. The SMILES string of the molecule is CS(=O)(=O)[O-].c1ccc2c(Cc3cccc4ccccc34)cccc2c1. The maximum absolute atomic E-state index is 9.08. The van der Waals surface area contributed by atoms with Crippen molar-refractivity contribution in [2.75, 3.05) is 6.26 Å². The van der Waals surface area contributed by atoms with Crippen LogP contribution in [0.3, 0.4) is 0 Å². The Balaban J connectivity index is 0.000000349. The van der Waals surface area contributed by atoms with Gasteiger partial charge in [0.1, 0.15) is 0 Å². The molecule has 0 radical (unpaired) electrons. The molecule has 0 aliphatic heterocycles. The molecule has 0 heterocycles. The zero-order valence-electron chi connectivity index (χ0n) is 14.4. The van der Waals surface area contributed by atoms with Crippen molar-refractivity contribution in [2.24, 2.45) is 0 Å². The minimum absolute atomic E-state index is 0.604. The topological polar surface area (TPSA) is 57.2 Å². The summed E-state index contributed by atoms with van der Waals surface area (Å²) in [6, 6.07) is 30.4. The third-order valence-electron chi connectivity index (χ3n) is 4.14. The highest BCUT2D eigenvalue weighted by molar-refractivity contribution is 7.84. The van der Waals surface area contributed by atoms with Gasteiger partial charge in [-0.1, -0.05) is 84.9 Å². The van der Waals surface area contributed by atoms with Crippen molar-refractivity contribution >= 4 is 31.7 Å². The smallest absolute Gasteiger partial charge is 0.0916 e. The van der Waals surface area contributed by atoms with E-state index in [4.69, 9.17) is 13.0 Å². The van der Waals surface area contributed by atoms with Crippen LogP contribution in [0.15, 0.2) is 84.9 Å². The van der Waals surface area contributed by atoms with Gasteiger partial charge in [-0.15, -0.1) is 0 Å². The van der Waals surface area contributed by atoms with Gasteiger partial charge in [0, 0.05) is 6.26 Å². The Morgan fingerprint density at radius 3 is 1.42 bits per heavy atom. The zero-order chi connectivity index (χ0) is 18.6. The van der Waals surface area contributed by atoms with Crippen molar-refractivity contribution < 1.29 is 13.0 Å². The van der Waals surface area contributed by atoms with E-state index in [-0.39, 0.29) is 0 Å². The number of fused-ring (bicyclic) bond motifs is 2. The van der Waals surface area contributed by atoms with E-state index in [0.29, 0.717) is 6.26 Å². The van der Waals surface area contributed by atoms with E-state index in [1.54, 1.807) is 0 Å². The zero-order valence-corrected chi connectivity index (χ0v) is 15.2. The second kappa shape index (κ2) is 7.68. The van der Waals surface area contributed by atoms with Crippen molar-refractivity contribution in [3.63, 3.8) is 0 Å². The highest BCUT2D eigenvalue weighted by Crippen LogP contribution is 2.25. The Bertz CT molecular complexity index is 1050. The number of hydrogen-bond donors (Lipinski definition) is 0. The van der Waals surface area contributed by atoms with Gasteiger partial charge in [0.15, 0.2) is 0 Å². The van der Waals surface area contributed by atoms with Crippen LogP contribution < -0.4 is 0 Å². The molecule has 0 amide bonds. The molecule has 0 aromatic heterocycles. The van der Waals surface area contributed by atoms with Gasteiger partial charge >= 0.3 is 0 Å². The van der Waals surface area contributed by atoms with E-state index < -0.39 is 10.1 Å². The van der Waals surface area contributed by atoms with Gasteiger partial charge in [0.25, 0.3) is 0 Å². The molecule has 0 unspecified atom stereocenters. The van der Waals surface area contributed by atoms with Crippen molar-refractivity contribution in [3.8, 4) is 0 Å². The van der Waals surface area contributed by atoms with Gasteiger partial charge in [-0.05, 0) is 39.1 Å². The summed E-state index contributed by atoms with van der Waals surface area (Å²) in [5.74, 6) is 0. The Morgan fingerprint density at radius 2 is 1.00 bits per heavy atom. The largest absolute Gasteiger partial charge is 0.748 e. The summed E-state index contributed by atoms with van der Waals surface area (Å²) < 4.78 is 27.2. The summed E-state index contributed by atoms with van der Waals surface area (Å²) >= 11 is 0. The van der Waals surface area contributed by atoms with Crippen LogP contribution in [0.5, 0.6) is 0 Å². The number of rotatable bonds is 2.